The van der Waals surface area contributed by atoms with Gasteiger partial charge in [-0.05, 0) is 60.2 Å². The molecule has 4 rings (SSSR count). The lowest BCUT2D eigenvalue weighted by atomic mass is 10.1. The normalized spacial score (nSPS) is 15.6. The van der Waals surface area contributed by atoms with Crippen LogP contribution in [0.4, 0.5) is 18.9 Å². The van der Waals surface area contributed by atoms with Crippen molar-refractivity contribution in [3.63, 3.8) is 0 Å². The first-order valence-corrected chi connectivity index (χ1v) is 12.4. The Labute approximate surface area is 210 Å². The first-order valence-electron chi connectivity index (χ1n) is 10.6. The zero-order chi connectivity index (χ0) is 26.1. The van der Waals surface area contributed by atoms with Crippen LogP contribution in [-0.4, -0.2) is 34.1 Å². The van der Waals surface area contributed by atoms with E-state index in [9.17, 15) is 26.4 Å². The molecule has 12 heteroatoms. The minimum atomic E-state index is -4.52. The van der Waals surface area contributed by atoms with Gasteiger partial charge in [0.2, 0.25) is 0 Å². The number of fused-ring (bicyclic) bond motifs is 1. The molecule has 1 unspecified atom stereocenters. The number of ether oxygens (including phenoxy) is 2. The van der Waals surface area contributed by atoms with Gasteiger partial charge in [-0.15, -0.1) is 0 Å². The minimum absolute atomic E-state index is 0.0424. The number of halogens is 4. The second-order valence-corrected chi connectivity index (χ2v) is 10.1. The number of nitrogens with zero attached hydrogens (tertiary/aromatic N) is 1. The van der Waals surface area contributed by atoms with Gasteiger partial charge >= 0.3 is 6.18 Å². The van der Waals surface area contributed by atoms with E-state index < -0.39 is 33.8 Å². The maximum atomic E-state index is 13.5. The Morgan fingerprint density at radius 2 is 1.86 bits per heavy atom. The highest BCUT2D eigenvalue weighted by molar-refractivity contribution is 7.92. The summed E-state index contributed by atoms with van der Waals surface area (Å²) in [7, 11) is -2.69. The summed E-state index contributed by atoms with van der Waals surface area (Å²) in [5.41, 5.74) is -0.463. The SMILES string of the molecule is COc1ccc(S(=O)(=O)N2CC(C(=O)NCc3cccc(C(F)(F)F)c3)Oc3ccc(Cl)cc32)cc1. The number of hydrogen-bond acceptors (Lipinski definition) is 5. The molecule has 1 aliphatic heterocycles. The van der Waals surface area contributed by atoms with Gasteiger partial charge in [-0.3, -0.25) is 9.10 Å². The second kappa shape index (κ2) is 9.90. The number of methoxy groups -OCH3 is 1. The number of carbonyl (C=O) groups excluding carboxylic acids is 1. The third-order valence-electron chi connectivity index (χ3n) is 5.45. The van der Waals surface area contributed by atoms with E-state index in [1.54, 1.807) is 0 Å². The molecule has 3 aromatic rings. The molecule has 0 saturated heterocycles. The molecular formula is C24H20ClF3N2O5S. The van der Waals surface area contributed by atoms with Crippen LogP contribution in [-0.2, 0) is 27.5 Å². The number of nitrogens with one attached hydrogen (secondary N) is 1. The Hall–Kier alpha value is -3.44. The highest BCUT2D eigenvalue weighted by Gasteiger charge is 2.38. The average Bonchev–Trinajstić information content (AvgIpc) is 2.86. The van der Waals surface area contributed by atoms with Crippen LogP contribution in [0.1, 0.15) is 11.1 Å². The van der Waals surface area contributed by atoms with Gasteiger partial charge in [0, 0.05) is 11.6 Å². The van der Waals surface area contributed by atoms with Crippen molar-refractivity contribution >= 4 is 33.2 Å². The molecule has 1 amide bonds. The number of rotatable bonds is 6. The number of alkyl halides is 3. The minimum Gasteiger partial charge on any atom is -0.497 e. The van der Waals surface area contributed by atoms with Crippen molar-refractivity contribution < 1.29 is 35.9 Å². The van der Waals surface area contributed by atoms with Gasteiger partial charge in [0.25, 0.3) is 15.9 Å². The van der Waals surface area contributed by atoms with Gasteiger partial charge in [-0.1, -0.05) is 23.7 Å². The molecule has 0 spiro atoms. The summed E-state index contributed by atoms with van der Waals surface area (Å²) in [5, 5.41) is 2.78. The van der Waals surface area contributed by atoms with E-state index in [1.165, 1.54) is 61.7 Å². The molecule has 1 heterocycles. The number of benzene rings is 3. The fourth-order valence-electron chi connectivity index (χ4n) is 3.62. The molecular weight excluding hydrogens is 521 g/mol. The van der Waals surface area contributed by atoms with Crippen molar-refractivity contribution in [1.82, 2.24) is 5.32 Å². The van der Waals surface area contributed by atoms with Crippen LogP contribution in [0.25, 0.3) is 0 Å². The Morgan fingerprint density at radius 3 is 2.53 bits per heavy atom. The van der Waals surface area contributed by atoms with Crippen LogP contribution in [0.2, 0.25) is 5.02 Å². The van der Waals surface area contributed by atoms with Gasteiger partial charge in [0.1, 0.15) is 11.5 Å². The Bertz CT molecular complexity index is 1380. The van der Waals surface area contributed by atoms with Crippen LogP contribution in [0, 0.1) is 0 Å². The summed E-state index contributed by atoms with van der Waals surface area (Å²) in [6.07, 6.45) is -5.79. The molecule has 0 bridgehead atoms. The topological polar surface area (TPSA) is 84.9 Å². The van der Waals surface area contributed by atoms with Gasteiger partial charge in [0.15, 0.2) is 6.10 Å². The zero-order valence-corrected chi connectivity index (χ0v) is 20.3. The Morgan fingerprint density at radius 1 is 1.14 bits per heavy atom. The number of anilines is 1. The number of carbonyl (C=O) groups is 1. The van der Waals surface area contributed by atoms with Gasteiger partial charge in [-0.25, -0.2) is 8.42 Å². The van der Waals surface area contributed by atoms with Crippen LogP contribution in [0.15, 0.2) is 71.6 Å². The second-order valence-electron chi connectivity index (χ2n) is 7.85. The molecule has 0 fully saturated rings. The van der Waals surface area contributed by atoms with Crippen molar-refractivity contribution in [2.24, 2.45) is 0 Å². The van der Waals surface area contributed by atoms with Crippen LogP contribution in [0.3, 0.4) is 0 Å². The van der Waals surface area contributed by atoms with Gasteiger partial charge in [-0.2, -0.15) is 13.2 Å². The molecule has 190 valence electrons. The maximum absolute atomic E-state index is 13.5. The monoisotopic (exact) mass is 540 g/mol. The van der Waals surface area contributed by atoms with E-state index >= 15 is 0 Å². The Kier molecular flexibility index (Phi) is 7.05. The summed E-state index contributed by atoms with van der Waals surface area (Å²) in [6.45, 7) is -0.586. The molecule has 0 aliphatic carbocycles. The average molecular weight is 541 g/mol. The fraction of sp³-hybridized carbons (Fsp3) is 0.208. The van der Waals surface area contributed by atoms with Crippen molar-refractivity contribution in [2.45, 2.75) is 23.7 Å². The first-order chi connectivity index (χ1) is 17.0. The highest BCUT2D eigenvalue weighted by Crippen LogP contribution is 2.39. The molecule has 0 radical (unpaired) electrons. The van der Waals surface area contributed by atoms with E-state index in [2.05, 4.69) is 5.32 Å². The van der Waals surface area contributed by atoms with Crippen molar-refractivity contribution in [3.8, 4) is 11.5 Å². The molecule has 3 aromatic carbocycles. The maximum Gasteiger partial charge on any atom is 0.416 e. The van der Waals surface area contributed by atoms with Crippen LogP contribution in [0.5, 0.6) is 11.5 Å². The molecule has 1 aliphatic rings. The lowest BCUT2D eigenvalue weighted by Crippen LogP contribution is -2.50. The molecule has 0 saturated carbocycles. The number of hydrogen-bond donors (Lipinski definition) is 1. The summed E-state index contributed by atoms with van der Waals surface area (Å²) >= 11 is 6.09. The van der Waals surface area contributed by atoms with E-state index in [1.807, 2.05) is 0 Å². The summed E-state index contributed by atoms with van der Waals surface area (Å²) in [4.78, 5) is 12.9. The zero-order valence-electron chi connectivity index (χ0n) is 18.8. The smallest absolute Gasteiger partial charge is 0.416 e. The summed E-state index contributed by atoms with van der Waals surface area (Å²) in [5.74, 6) is -0.115. The third-order valence-corrected chi connectivity index (χ3v) is 7.48. The van der Waals surface area contributed by atoms with Crippen LogP contribution < -0.4 is 19.1 Å². The van der Waals surface area contributed by atoms with Gasteiger partial charge in [0.05, 0.1) is 29.8 Å². The fourth-order valence-corrected chi connectivity index (χ4v) is 5.26. The highest BCUT2D eigenvalue weighted by atomic mass is 35.5. The van der Waals surface area contributed by atoms with Crippen molar-refractivity contribution in [2.75, 3.05) is 18.0 Å². The molecule has 0 aromatic heterocycles. The quantitative estimate of drug-likeness (QED) is 0.492. The van der Waals surface area contributed by atoms with E-state index in [4.69, 9.17) is 21.1 Å². The largest absolute Gasteiger partial charge is 0.497 e. The summed E-state index contributed by atoms with van der Waals surface area (Å²) in [6, 6.07) is 14.6. The lowest BCUT2D eigenvalue weighted by molar-refractivity contribution is -0.137. The van der Waals surface area contributed by atoms with Gasteiger partial charge < -0.3 is 14.8 Å². The van der Waals surface area contributed by atoms with Crippen molar-refractivity contribution in [1.29, 1.82) is 0 Å². The predicted molar refractivity (Wildman–Crippen MR) is 127 cm³/mol. The number of amides is 1. The lowest BCUT2D eigenvalue weighted by Gasteiger charge is -2.35. The molecule has 1 atom stereocenters. The van der Waals surface area contributed by atoms with Crippen LogP contribution >= 0.6 is 11.6 Å². The van der Waals surface area contributed by atoms with E-state index in [0.29, 0.717) is 5.75 Å². The first kappa shape index (κ1) is 25.6. The van der Waals surface area contributed by atoms with E-state index in [-0.39, 0.29) is 40.0 Å². The predicted octanol–water partition coefficient (Wildman–Crippen LogP) is 4.64. The van der Waals surface area contributed by atoms with Crippen molar-refractivity contribution in [3.05, 3.63) is 82.9 Å². The standard InChI is InChI=1S/C24H20ClF3N2O5S/c1-34-18-6-8-19(9-7-18)36(32,33)30-14-22(35-21-10-5-17(25)12-20(21)30)23(31)29-13-15-3-2-4-16(11-15)24(26,27)28/h2-12,22H,13-14H2,1H3,(H,29,31). The van der Waals surface area contributed by atoms with E-state index in [0.717, 1.165) is 16.4 Å². The molecule has 7 nitrogen and oxygen atoms in total. The summed E-state index contributed by atoms with van der Waals surface area (Å²) < 4.78 is 77.7. The Balaban J connectivity index is 1.59. The number of sulfonamides is 1. The molecule has 1 N–H and O–H groups in total. The third kappa shape index (κ3) is 5.36. The molecule has 36 heavy (non-hydrogen) atoms.